The van der Waals surface area contributed by atoms with Gasteiger partial charge < -0.3 is 24.7 Å². The molecule has 2 atom stereocenters. The maximum absolute atomic E-state index is 13.7. The SMILES string of the molecule is C=[N+](Cc1cc2cnccc2[nH]1)C(=O)C1C[C@@H](OC(F)F)CN1C(=N)CNC(=O)c1ccc2c(c1)Oc1cc(F)ccc1S2. The van der Waals surface area contributed by atoms with Crippen LogP contribution in [-0.2, 0) is 16.1 Å². The van der Waals surface area contributed by atoms with Crippen LogP contribution in [-0.4, -0.2) is 75.7 Å². The molecule has 4 aromatic rings. The number of likely N-dealkylation sites (tertiary alicyclic amines) is 1. The number of alkyl halides is 2. The molecule has 1 unspecified atom stereocenters. The van der Waals surface area contributed by atoms with E-state index in [1.807, 2.05) is 6.07 Å². The van der Waals surface area contributed by atoms with E-state index in [1.165, 1.54) is 39.4 Å². The van der Waals surface area contributed by atoms with Crippen LogP contribution in [0.3, 0.4) is 0 Å². The predicted octanol–water partition coefficient (Wildman–Crippen LogP) is 4.79. The average Bonchev–Trinajstić information content (AvgIpc) is 3.61. The molecule has 0 bridgehead atoms. The summed E-state index contributed by atoms with van der Waals surface area (Å²) >= 11 is 1.38. The van der Waals surface area contributed by atoms with E-state index in [-0.39, 0.29) is 37.5 Å². The molecule has 0 radical (unpaired) electrons. The van der Waals surface area contributed by atoms with Crippen molar-refractivity contribution in [3.05, 3.63) is 78.0 Å². The predicted molar refractivity (Wildman–Crippen MR) is 155 cm³/mol. The van der Waals surface area contributed by atoms with Gasteiger partial charge >= 0.3 is 12.5 Å². The molecule has 0 saturated carbocycles. The number of carbonyl (C=O) groups is 2. The van der Waals surface area contributed by atoms with Gasteiger partial charge in [-0.3, -0.25) is 15.2 Å². The van der Waals surface area contributed by atoms with Crippen LogP contribution in [0.1, 0.15) is 22.5 Å². The van der Waals surface area contributed by atoms with Crippen LogP contribution >= 0.6 is 11.8 Å². The van der Waals surface area contributed by atoms with Gasteiger partial charge in [0.15, 0.2) is 12.6 Å². The first-order valence-corrected chi connectivity index (χ1v) is 14.3. The van der Waals surface area contributed by atoms with Gasteiger partial charge in [0.1, 0.15) is 29.9 Å². The molecule has 226 valence electrons. The first-order chi connectivity index (χ1) is 21.1. The fourth-order valence-corrected chi connectivity index (χ4v) is 6.16. The average molecular weight is 624 g/mol. The highest BCUT2D eigenvalue weighted by atomic mass is 32.2. The van der Waals surface area contributed by atoms with Crippen LogP contribution in [0.2, 0.25) is 0 Å². The van der Waals surface area contributed by atoms with Crippen molar-refractivity contribution in [2.45, 2.75) is 41.5 Å². The molecule has 14 heteroatoms. The third kappa shape index (κ3) is 6.17. The normalized spacial score (nSPS) is 17.2. The Morgan fingerprint density at radius 2 is 1.98 bits per heavy atom. The molecular formula is C30H26F3N6O4S+. The Kier molecular flexibility index (Phi) is 8.10. The number of H-pyrrole nitrogens is 1. The molecule has 44 heavy (non-hydrogen) atoms. The lowest BCUT2D eigenvalue weighted by Crippen LogP contribution is -2.47. The van der Waals surface area contributed by atoms with Crippen molar-refractivity contribution in [1.82, 2.24) is 20.2 Å². The van der Waals surface area contributed by atoms with Gasteiger partial charge in [-0.15, -0.1) is 0 Å². The number of hydrogen-bond donors (Lipinski definition) is 3. The maximum atomic E-state index is 13.7. The first-order valence-electron chi connectivity index (χ1n) is 13.5. The fourth-order valence-electron chi connectivity index (χ4n) is 5.25. The van der Waals surface area contributed by atoms with Crippen LogP contribution in [0.15, 0.2) is 70.7 Å². The number of nitrogens with zero attached hydrogens (tertiary/aromatic N) is 3. The molecule has 4 heterocycles. The summed E-state index contributed by atoms with van der Waals surface area (Å²) in [5.74, 6) is -0.887. The summed E-state index contributed by atoms with van der Waals surface area (Å²) in [7, 11) is 0. The molecule has 2 aliphatic rings. The minimum absolute atomic E-state index is 0.0793. The molecule has 1 fully saturated rings. The lowest BCUT2D eigenvalue weighted by atomic mass is 10.1. The van der Waals surface area contributed by atoms with Crippen LogP contribution in [0.25, 0.3) is 10.9 Å². The van der Waals surface area contributed by atoms with E-state index < -0.39 is 36.4 Å². The molecular weight excluding hydrogens is 597 g/mol. The third-order valence-corrected chi connectivity index (χ3v) is 8.42. The quantitative estimate of drug-likeness (QED) is 0.129. The molecule has 1 saturated heterocycles. The number of amidine groups is 1. The van der Waals surface area contributed by atoms with Gasteiger partial charge in [0.2, 0.25) is 0 Å². The Balaban J connectivity index is 1.11. The number of carbonyl (C=O) groups excluding carboxylic acids is 2. The zero-order valence-corrected chi connectivity index (χ0v) is 23.9. The lowest BCUT2D eigenvalue weighted by Gasteiger charge is -2.24. The van der Waals surface area contributed by atoms with Crippen molar-refractivity contribution < 1.29 is 36.8 Å². The van der Waals surface area contributed by atoms with Crippen molar-refractivity contribution in [2.75, 3.05) is 13.1 Å². The summed E-state index contributed by atoms with van der Waals surface area (Å²) in [6.45, 7) is 0.496. The van der Waals surface area contributed by atoms with E-state index in [1.54, 1.807) is 36.7 Å². The van der Waals surface area contributed by atoms with Gasteiger partial charge in [-0.2, -0.15) is 13.4 Å². The number of halogens is 3. The monoisotopic (exact) mass is 623 g/mol. The second-order valence-electron chi connectivity index (χ2n) is 10.3. The number of aromatic amines is 1. The zero-order chi connectivity index (χ0) is 31.0. The van der Waals surface area contributed by atoms with Crippen molar-refractivity contribution in [1.29, 1.82) is 5.41 Å². The smallest absolute Gasteiger partial charge is 0.409 e. The number of hydrogen-bond acceptors (Lipinski definition) is 7. The molecule has 10 nitrogen and oxygen atoms in total. The van der Waals surface area contributed by atoms with E-state index in [0.29, 0.717) is 17.2 Å². The highest BCUT2D eigenvalue weighted by Crippen LogP contribution is 2.47. The molecule has 0 aliphatic carbocycles. The third-order valence-electron chi connectivity index (χ3n) is 7.31. The minimum atomic E-state index is -3.05. The fraction of sp³-hybridized carbons (Fsp3) is 0.233. The highest BCUT2D eigenvalue weighted by molar-refractivity contribution is 7.99. The molecule has 0 spiro atoms. The van der Waals surface area contributed by atoms with Gasteiger partial charge in [-0.1, -0.05) is 11.8 Å². The largest absolute Gasteiger partial charge is 0.455 e. The topological polar surface area (TPSA) is 123 Å². The molecule has 2 aromatic heterocycles. The van der Waals surface area contributed by atoms with Crippen LogP contribution in [0, 0.1) is 11.2 Å². The second kappa shape index (κ2) is 12.1. The Morgan fingerprint density at radius 3 is 2.75 bits per heavy atom. The number of pyridine rings is 1. The summed E-state index contributed by atoms with van der Waals surface area (Å²) in [6.07, 6.45) is 2.24. The summed E-state index contributed by atoms with van der Waals surface area (Å²) in [4.78, 5) is 36.5. The van der Waals surface area contributed by atoms with E-state index in [4.69, 9.17) is 10.1 Å². The van der Waals surface area contributed by atoms with Gasteiger partial charge in [0.05, 0.1) is 28.1 Å². The Morgan fingerprint density at radius 1 is 1.20 bits per heavy atom. The lowest BCUT2D eigenvalue weighted by molar-refractivity contribution is -0.459. The standard InChI is InChI=1S/C30H25F3N6O4S/c1-38(14-19-8-17-12-35-7-6-21(17)37-19)29(41)22-11-20(42-30(32)33)15-39(22)27(34)13-36-28(40)16-2-4-25-23(9-16)43-24-10-18(31)3-5-26(24)44-25/h2-10,12,20,22,30,34H,1,11,13-15H2,(H-,35,36,37,40)/p+1/t20-,22?/m1/s1. The summed E-state index contributed by atoms with van der Waals surface area (Å²) in [5, 5.41) is 12.1. The van der Waals surface area contributed by atoms with Crippen LogP contribution in [0.5, 0.6) is 11.5 Å². The second-order valence-corrected chi connectivity index (χ2v) is 11.4. The van der Waals surface area contributed by atoms with Gasteiger partial charge in [0, 0.05) is 47.9 Å². The van der Waals surface area contributed by atoms with E-state index in [0.717, 1.165) is 20.7 Å². The van der Waals surface area contributed by atoms with Crippen molar-refractivity contribution in [2.24, 2.45) is 0 Å². The Labute approximate surface area is 253 Å². The molecule has 6 rings (SSSR count). The van der Waals surface area contributed by atoms with E-state index in [2.05, 4.69) is 26.7 Å². The minimum Gasteiger partial charge on any atom is -0.455 e. The Hall–Kier alpha value is -4.69. The molecule has 2 amide bonds. The number of rotatable bonds is 8. The zero-order valence-electron chi connectivity index (χ0n) is 23.1. The Bertz CT molecular complexity index is 1760. The number of ether oxygens (including phenoxy) is 2. The summed E-state index contributed by atoms with van der Waals surface area (Å²) in [6, 6.07) is 11.7. The van der Waals surface area contributed by atoms with Crippen molar-refractivity contribution >= 4 is 47.0 Å². The maximum Gasteiger partial charge on any atom is 0.409 e. The number of aromatic nitrogens is 2. The van der Waals surface area contributed by atoms with Gasteiger partial charge in [0.25, 0.3) is 5.91 Å². The molecule has 2 aromatic carbocycles. The molecule has 2 aliphatic heterocycles. The number of benzene rings is 2. The van der Waals surface area contributed by atoms with E-state index in [9.17, 15) is 22.8 Å². The molecule has 3 N–H and O–H groups in total. The van der Waals surface area contributed by atoms with Gasteiger partial charge in [-0.05, 0) is 42.5 Å². The van der Waals surface area contributed by atoms with Crippen LogP contribution in [0.4, 0.5) is 13.2 Å². The first kappa shape index (κ1) is 29.4. The summed E-state index contributed by atoms with van der Waals surface area (Å²) < 4.78 is 51.5. The van der Waals surface area contributed by atoms with Crippen LogP contribution < -0.4 is 10.1 Å². The number of amides is 2. The van der Waals surface area contributed by atoms with Gasteiger partial charge in [-0.25, -0.2) is 9.18 Å². The number of fused-ring (bicyclic) bond motifs is 3. The number of nitrogens with one attached hydrogen (secondary N) is 3. The van der Waals surface area contributed by atoms with E-state index >= 15 is 0 Å². The van der Waals surface area contributed by atoms with Crippen molar-refractivity contribution in [3.63, 3.8) is 0 Å². The van der Waals surface area contributed by atoms with Crippen molar-refractivity contribution in [3.8, 4) is 11.5 Å². The highest BCUT2D eigenvalue weighted by Gasteiger charge is 2.44. The summed E-state index contributed by atoms with van der Waals surface area (Å²) in [5.41, 5.74) is 1.77.